The first-order valence-electron chi connectivity index (χ1n) is 5.72. The van der Waals surface area contributed by atoms with E-state index in [2.05, 4.69) is 5.48 Å². The van der Waals surface area contributed by atoms with Gasteiger partial charge in [-0.1, -0.05) is 13.8 Å². The van der Waals surface area contributed by atoms with Crippen LogP contribution in [0.2, 0.25) is 0 Å². The molecule has 0 radical (unpaired) electrons. The van der Waals surface area contributed by atoms with E-state index in [1.807, 2.05) is 13.8 Å². The molecule has 0 bridgehead atoms. The summed E-state index contributed by atoms with van der Waals surface area (Å²) in [6.07, 6.45) is 2.36. The average Bonchev–Trinajstić information content (AvgIpc) is 2.32. The minimum atomic E-state index is -0.613. The zero-order valence-corrected chi connectivity index (χ0v) is 10.3. The summed E-state index contributed by atoms with van der Waals surface area (Å²) in [6.45, 7) is 5.89. The van der Waals surface area contributed by atoms with Crippen molar-refractivity contribution in [3.8, 4) is 0 Å². The largest absolute Gasteiger partial charge is 0.427 e. The van der Waals surface area contributed by atoms with E-state index in [0.29, 0.717) is 30.9 Å². The Bertz CT molecular complexity index is 382. The van der Waals surface area contributed by atoms with E-state index in [4.69, 9.17) is 9.57 Å². The van der Waals surface area contributed by atoms with Crippen molar-refractivity contribution in [2.24, 2.45) is 0 Å². The fourth-order valence-corrected chi connectivity index (χ4v) is 1.42. The Hall–Kier alpha value is -1.62. The Morgan fingerprint density at radius 2 is 2.06 bits per heavy atom. The number of hydrogen-bond donors (Lipinski definition) is 1. The lowest BCUT2D eigenvalue weighted by atomic mass is 10.0. The van der Waals surface area contributed by atoms with Gasteiger partial charge in [0.25, 0.3) is 0 Å². The Morgan fingerprint density at radius 1 is 1.35 bits per heavy atom. The van der Waals surface area contributed by atoms with Crippen LogP contribution in [0.4, 0.5) is 0 Å². The smallest absolute Gasteiger partial charge is 0.349 e. The molecule has 1 rings (SSSR count). The fraction of sp³-hybridized carbons (Fsp3) is 0.500. The molecule has 0 amide bonds. The van der Waals surface area contributed by atoms with Gasteiger partial charge in [0, 0.05) is 12.5 Å². The molecule has 1 aliphatic rings. The van der Waals surface area contributed by atoms with Gasteiger partial charge in [0.05, 0.1) is 12.3 Å². The van der Waals surface area contributed by atoms with Crippen molar-refractivity contribution in [2.45, 2.75) is 33.6 Å². The lowest BCUT2D eigenvalue weighted by Gasteiger charge is -2.17. The van der Waals surface area contributed by atoms with Crippen LogP contribution >= 0.6 is 0 Å². The summed E-state index contributed by atoms with van der Waals surface area (Å²) in [6, 6.07) is 0. The van der Waals surface area contributed by atoms with Crippen LogP contribution < -0.4 is 5.48 Å². The number of carbonyl (C=O) groups excluding carboxylic acids is 2. The highest BCUT2D eigenvalue weighted by molar-refractivity contribution is 6.24. The molecule has 94 valence electrons. The highest BCUT2D eigenvalue weighted by Gasteiger charge is 2.28. The van der Waals surface area contributed by atoms with Crippen molar-refractivity contribution in [3.63, 3.8) is 0 Å². The van der Waals surface area contributed by atoms with Crippen LogP contribution in [0.3, 0.4) is 0 Å². The summed E-state index contributed by atoms with van der Waals surface area (Å²) in [7, 11) is 0. The normalized spacial score (nSPS) is 18.6. The van der Waals surface area contributed by atoms with E-state index < -0.39 is 5.97 Å². The molecule has 0 saturated carbocycles. The molecule has 1 N–H and O–H groups in total. The Morgan fingerprint density at radius 3 is 2.53 bits per heavy atom. The third-order valence-corrected chi connectivity index (χ3v) is 2.31. The zero-order chi connectivity index (χ0) is 12.8. The van der Waals surface area contributed by atoms with Crippen LogP contribution in [0, 0.1) is 0 Å². The molecule has 0 aliphatic carbocycles. The number of ether oxygens (including phenoxy) is 1. The quantitative estimate of drug-likeness (QED) is 0.342. The van der Waals surface area contributed by atoms with Gasteiger partial charge in [-0.25, -0.2) is 4.79 Å². The predicted octanol–water partition coefficient (Wildman–Crippen LogP) is 1.61. The number of hydrogen-bond acceptors (Lipinski definition) is 5. The van der Waals surface area contributed by atoms with Gasteiger partial charge in [0.1, 0.15) is 11.3 Å². The van der Waals surface area contributed by atoms with Gasteiger partial charge in [0.2, 0.25) is 0 Å². The number of nitrogens with one attached hydrogen (secondary N) is 1. The SMILES string of the molecule is CCON/C(CC)=C1/C(=O)C=C(CC)OC1=O. The molecule has 0 aromatic rings. The first-order chi connectivity index (χ1) is 8.13. The van der Waals surface area contributed by atoms with Gasteiger partial charge < -0.3 is 4.74 Å². The van der Waals surface area contributed by atoms with Gasteiger partial charge in [-0.3, -0.25) is 15.1 Å². The third kappa shape index (κ3) is 3.17. The summed E-state index contributed by atoms with van der Waals surface area (Å²) in [5.41, 5.74) is 3.09. The predicted molar refractivity (Wildman–Crippen MR) is 61.6 cm³/mol. The minimum absolute atomic E-state index is 0.0261. The summed E-state index contributed by atoms with van der Waals surface area (Å²) in [4.78, 5) is 28.5. The molecular weight excluding hydrogens is 222 g/mol. The molecule has 0 fully saturated rings. The van der Waals surface area contributed by atoms with Gasteiger partial charge >= 0.3 is 5.97 Å². The van der Waals surface area contributed by atoms with Crippen molar-refractivity contribution < 1.29 is 19.2 Å². The third-order valence-electron chi connectivity index (χ3n) is 2.31. The second kappa shape index (κ2) is 6.20. The van der Waals surface area contributed by atoms with Crippen molar-refractivity contribution in [2.75, 3.05) is 6.61 Å². The van der Waals surface area contributed by atoms with E-state index in [1.165, 1.54) is 6.08 Å². The van der Waals surface area contributed by atoms with Crippen LogP contribution in [-0.4, -0.2) is 18.4 Å². The molecular formula is C12H17NO4. The zero-order valence-electron chi connectivity index (χ0n) is 10.3. The Balaban J connectivity index is 3.02. The van der Waals surface area contributed by atoms with E-state index in [1.54, 1.807) is 6.92 Å². The standard InChI is InChI=1S/C12H17NO4/c1-4-8-7-10(14)11(12(15)17-8)9(5-2)13-16-6-3/h7,13H,4-6H2,1-3H3/b11-9-. The highest BCUT2D eigenvalue weighted by atomic mass is 16.6. The van der Waals surface area contributed by atoms with Crippen LogP contribution in [0.25, 0.3) is 0 Å². The molecule has 1 aliphatic heterocycles. The van der Waals surface area contributed by atoms with E-state index in [0.717, 1.165) is 0 Å². The molecule has 0 saturated heterocycles. The first kappa shape index (κ1) is 13.4. The van der Waals surface area contributed by atoms with Gasteiger partial charge in [-0.2, -0.15) is 0 Å². The van der Waals surface area contributed by atoms with E-state index >= 15 is 0 Å². The molecule has 0 aromatic heterocycles. The molecule has 1 heterocycles. The van der Waals surface area contributed by atoms with Crippen molar-refractivity contribution in [1.82, 2.24) is 5.48 Å². The lowest BCUT2D eigenvalue weighted by Crippen LogP contribution is -2.27. The Kier molecular flexibility index (Phi) is 4.90. The highest BCUT2D eigenvalue weighted by Crippen LogP contribution is 2.19. The minimum Gasteiger partial charge on any atom is -0.427 e. The molecule has 0 aromatic carbocycles. The molecule has 0 atom stereocenters. The molecule has 5 nitrogen and oxygen atoms in total. The monoisotopic (exact) mass is 239 g/mol. The van der Waals surface area contributed by atoms with Gasteiger partial charge in [-0.15, -0.1) is 0 Å². The maximum absolute atomic E-state index is 11.8. The average molecular weight is 239 g/mol. The molecule has 5 heteroatoms. The number of hydroxylamine groups is 1. The lowest BCUT2D eigenvalue weighted by molar-refractivity contribution is -0.138. The Labute approximate surface area is 100 Å². The number of rotatable bonds is 5. The van der Waals surface area contributed by atoms with Crippen molar-refractivity contribution in [3.05, 3.63) is 23.1 Å². The summed E-state index contributed by atoms with van der Waals surface area (Å²) in [5.74, 6) is -0.545. The second-order valence-electron chi connectivity index (χ2n) is 3.46. The van der Waals surface area contributed by atoms with Crippen LogP contribution in [-0.2, 0) is 19.2 Å². The maximum atomic E-state index is 11.8. The molecule has 17 heavy (non-hydrogen) atoms. The maximum Gasteiger partial charge on any atom is 0.349 e. The van der Waals surface area contributed by atoms with Gasteiger partial charge in [-0.05, 0) is 13.3 Å². The molecule has 0 unspecified atom stereocenters. The number of carbonyl (C=O) groups is 2. The van der Waals surface area contributed by atoms with E-state index in [9.17, 15) is 9.59 Å². The van der Waals surface area contributed by atoms with Crippen LogP contribution in [0.5, 0.6) is 0 Å². The molecule has 0 spiro atoms. The topological polar surface area (TPSA) is 64.6 Å². The fourth-order valence-electron chi connectivity index (χ4n) is 1.42. The van der Waals surface area contributed by atoms with E-state index in [-0.39, 0.29) is 11.4 Å². The van der Waals surface area contributed by atoms with Crippen molar-refractivity contribution in [1.29, 1.82) is 0 Å². The van der Waals surface area contributed by atoms with Crippen LogP contribution in [0.1, 0.15) is 33.6 Å². The summed E-state index contributed by atoms with van der Waals surface area (Å²) >= 11 is 0. The van der Waals surface area contributed by atoms with Crippen LogP contribution in [0.15, 0.2) is 23.1 Å². The second-order valence-corrected chi connectivity index (χ2v) is 3.46. The summed E-state index contributed by atoms with van der Waals surface area (Å²) < 4.78 is 5.03. The number of allylic oxidation sites excluding steroid dienone is 3. The number of ketones is 1. The first-order valence-corrected chi connectivity index (χ1v) is 5.72. The summed E-state index contributed by atoms with van der Waals surface area (Å²) in [5, 5.41) is 0. The van der Waals surface area contributed by atoms with Crippen molar-refractivity contribution >= 4 is 11.8 Å². The van der Waals surface area contributed by atoms with Gasteiger partial charge in [0.15, 0.2) is 5.78 Å². The number of esters is 1. The number of cyclic esters (lactones) is 1.